The van der Waals surface area contributed by atoms with Gasteiger partial charge in [0.1, 0.15) is 6.54 Å². The molecule has 156 valence electrons. The second kappa shape index (κ2) is 9.19. The number of carbonyl (C=O) groups excluding carboxylic acids is 1. The van der Waals surface area contributed by atoms with Crippen LogP contribution in [0.2, 0.25) is 0 Å². The zero-order valence-corrected chi connectivity index (χ0v) is 17.3. The third-order valence-corrected chi connectivity index (χ3v) is 5.57. The van der Waals surface area contributed by atoms with Gasteiger partial charge in [-0.2, -0.15) is 5.10 Å². The van der Waals surface area contributed by atoms with Gasteiger partial charge in [0.15, 0.2) is 0 Å². The van der Waals surface area contributed by atoms with Crippen LogP contribution in [0.15, 0.2) is 59.5 Å². The van der Waals surface area contributed by atoms with Crippen LogP contribution >= 0.6 is 0 Å². The lowest BCUT2D eigenvalue weighted by atomic mass is 10.1. The van der Waals surface area contributed by atoms with E-state index >= 15 is 0 Å². The maximum atomic E-state index is 12.5. The normalized spacial score (nSPS) is 15.4. The number of nitrogens with zero attached hydrogens (tertiary/aromatic N) is 4. The van der Waals surface area contributed by atoms with Crippen LogP contribution in [0.5, 0.6) is 0 Å². The highest BCUT2D eigenvalue weighted by molar-refractivity contribution is 5.81. The Labute approximate surface area is 175 Å². The first-order valence-electron chi connectivity index (χ1n) is 10.3. The van der Waals surface area contributed by atoms with Gasteiger partial charge in [-0.05, 0) is 24.2 Å². The number of carbonyl (C=O) groups is 1. The number of benzene rings is 2. The molecule has 0 atom stereocenters. The maximum Gasteiger partial charge on any atom is 0.275 e. The lowest BCUT2D eigenvalue weighted by Crippen LogP contribution is -2.43. The van der Waals surface area contributed by atoms with Crippen molar-refractivity contribution >= 4 is 16.7 Å². The number of fused-ring (bicyclic) bond motifs is 1. The Kier molecular flexibility index (Phi) is 6.21. The zero-order valence-electron chi connectivity index (χ0n) is 17.3. The Morgan fingerprint density at radius 2 is 1.70 bits per heavy atom. The second-order valence-corrected chi connectivity index (χ2v) is 7.87. The van der Waals surface area contributed by atoms with E-state index < -0.39 is 0 Å². The number of likely N-dealkylation sites (N-methyl/N-ethyl adjacent to an activating group) is 1. The summed E-state index contributed by atoms with van der Waals surface area (Å²) in [6, 6.07) is 15.6. The lowest BCUT2D eigenvalue weighted by molar-refractivity contribution is -0.122. The van der Waals surface area contributed by atoms with Crippen molar-refractivity contribution in [2.24, 2.45) is 0 Å². The van der Waals surface area contributed by atoms with Crippen molar-refractivity contribution < 1.29 is 4.79 Å². The van der Waals surface area contributed by atoms with Gasteiger partial charge < -0.3 is 10.2 Å². The van der Waals surface area contributed by atoms with Crippen LogP contribution in [-0.4, -0.2) is 58.7 Å². The van der Waals surface area contributed by atoms with E-state index in [-0.39, 0.29) is 18.0 Å². The van der Waals surface area contributed by atoms with Gasteiger partial charge in [0.05, 0.1) is 11.6 Å². The predicted molar refractivity (Wildman–Crippen MR) is 117 cm³/mol. The quantitative estimate of drug-likeness (QED) is 0.672. The maximum absolute atomic E-state index is 12.5. The van der Waals surface area contributed by atoms with Crippen LogP contribution in [-0.2, 0) is 24.4 Å². The molecule has 2 heterocycles. The van der Waals surface area contributed by atoms with Gasteiger partial charge in [0.25, 0.3) is 5.56 Å². The molecular weight excluding hydrogens is 378 g/mol. The number of hydrogen-bond donors (Lipinski definition) is 1. The third-order valence-electron chi connectivity index (χ3n) is 5.57. The molecule has 1 amide bonds. The van der Waals surface area contributed by atoms with Crippen LogP contribution in [0.3, 0.4) is 0 Å². The fraction of sp³-hybridized carbons (Fsp3) is 0.348. The van der Waals surface area contributed by atoms with Gasteiger partial charge in [0.2, 0.25) is 5.91 Å². The summed E-state index contributed by atoms with van der Waals surface area (Å²) in [7, 11) is 2.16. The van der Waals surface area contributed by atoms with E-state index in [1.54, 1.807) is 12.3 Å². The number of piperazine rings is 1. The highest BCUT2D eigenvalue weighted by atomic mass is 16.2. The average Bonchev–Trinajstić information content (AvgIpc) is 2.77. The zero-order chi connectivity index (χ0) is 20.9. The van der Waals surface area contributed by atoms with E-state index in [0.717, 1.165) is 43.7 Å². The number of aromatic nitrogens is 2. The molecule has 4 rings (SSSR count). The van der Waals surface area contributed by atoms with Gasteiger partial charge >= 0.3 is 0 Å². The first kappa shape index (κ1) is 20.3. The van der Waals surface area contributed by atoms with Crippen LogP contribution < -0.4 is 10.9 Å². The van der Waals surface area contributed by atoms with E-state index in [0.29, 0.717) is 11.9 Å². The van der Waals surface area contributed by atoms with Crippen molar-refractivity contribution in [3.63, 3.8) is 0 Å². The molecule has 2 aromatic carbocycles. The van der Waals surface area contributed by atoms with Gasteiger partial charge in [-0.1, -0.05) is 42.5 Å². The van der Waals surface area contributed by atoms with E-state index in [9.17, 15) is 9.59 Å². The number of nitrogens with one attached hydrogen (secondary N) is 1. The summed E-state index contributed by atoms with van der Waals surface area (Å²) in [5.74, 6) is -0.235. The van der Waals surface area contributed by atoms with Crippen molar-refractivity contribution in [2.45, 2.75) is 19.6 Å². The van der Waals surface area contributed by atoms with Crippen molar-refractivity contribution in [3.8, 4) is 0 Å². The molecule has 0 aliphatic carbocycles. The number of amides is 1. The molecule has 30 heavy (non-hydrogen) atoms. The van der Waals surface area contributed by atoms with Gasteiger partial charge in [-0.25, -0.2) is 4.68 Å². The summed E-state index contributed by atoms with van der Waals surface area (Å²) < 4.78 is 1.21. The molecule has 1 fully saturated rings. The van der Waals surface area contributed by atoms with E-state index in [1.807, 2.05) is 30.3 Å². The summed E-state index contributed by atoms with van der Waals surface area (Å²) in [6.07, 6.45) is 1.61. The number of rotatable bonds is 6. The summed E-state index contributed by atoms with van der Waals surface area (Å²) in [4.78, 5) is 29.6. The van der Waals surface area contributed by atoms with Crippen molar-refractivity contribution in [1.29, 1.82) is 0 Å². The minimum atomic E-state index is -0.253. The first-order valence-corrected chi connectivity index (χ1v) is 10.3. The number of hydrogen-bond acceptors (Lipinski definition) is 5. The molecule has 0 spiro atoms. The summed E-state index contributed by atoms with van der Waals surface area (Å²) in [6.45, 7) is 5.70. The van der Waals surface area contributed by atoms with Gasteiger partial charge in [0, 0.05) is 44.7 Å². The van der Waals surface area contributed by atoms with Crippen LogP contribution in [0, 0.1) is 0 Å². The molecule has 1 aliphatic heterocycles. The van der Waals surface area contributed by atoms with Crippen molar-refractivity contribution in [1.82, 2.24) is 24.9 Å². The van der Waals surface area contributed by atoms with Crippen molar-refractivity contribution in [2.75, 3.05) is 33.2 Å². The van der Waals surface area contributed by atoms with Crippen LogP contribution in [0.25, 0.3) is 10.8 Å². The van der Waals surface area contributed by atoms with Crippen LogP contribution in [0.4, 0.5) is 0 Å². The Morgan fingerprint density at radius 1 is 1.00 bits per heavy atom. The Bertz CT molecular complexity index is 1070. The van der Waals surface area contributed by atoms with E-state index in [4.69, 9.17) is 0 Å². The third kappa shape index (κ3) is 4.93. The highest BCUT2D eigenvalue weighted by Gasteiger charge is 2.14. The van der Waals surface area contributed by atoms with Gasteiger partial charge in [-0.15, -0.1) is 0 Å². The van der Waals surface area contributed by atoms with Gasteiger partial charge in [-0.3, -0.25) is 14.5 Å². The summed E-state index contributed by atoms with van der Waals surface area (Å²) in [5, 5.41) is 8.32. The van der Waals surface area contributed by atoms with E-state index in [1.165, 1.54) is 10.2 Å². The predicted octanol–water partition coefficient (Wildman–Crippen LogP) is 1.46. The monoisotopic (exact) mass is 405 g/mol. The molecule has 1 aliphatic rings. The molecule has 7 heteroatoms. The minimum absolute atomic E-state index is 0.0921. The van der Waals surface area contributed by atoms with Crippen molar-refractivity contribution in [3.05, 3.63) is 76.2 Å². The molecule has 1 aromatic heterocycles. The lowest BCUT2D eigenvalue weighted by Gasteiger charge is -2.32. The molecule has 0 unspecified atom stereocenters. The van der Waals surface area contributed by atoms with E-state index in [2.05, 4.69) is 39.4 Å². The Balaban J connectivity index is 1.30. The molecule has 0 radical (unpaired) electrons. The summed E-state index contributed by atoms with van der Waals surface area (Å²) >= 11 is 0. The highest BCUT2D eigenvalue weighted by Crippen LogP contribution is 2.10. The molecule has 1 N–H and O–H groups in total. The fourth-order valence-corrected chi connectivity index (χ4v) is 3.66. The largest absolute Gasteiger partial charge is 0.350 e. The Morgan fingerprint density at radius 3 is 2.47 bits per heavy atom. The standard InChI is InChI=1S/C23H27N5O2/c1-26-10-12-27(13-11-26)16-19-8-6-18(7-9-19)14-24-22(29)17-28-23(30)21-5-3-2-4-20(21)15-25-28/h2-9,15H,10-14,16-17H2,1H3,(H,24,29). The molecule has 0 bridgehead atoms. The first-order chi connectivity index (χ1) is 14.6. The SMILES string of the molecule is CN1CCN(Cc2ccc(CNC(=O)Cn3ncc4ccccc4c3=O)cc2)CC1. The molecular formula is C23H27N5O2. The minimum Gasteiger partial charge on any atom is -0.350 e. The summed E-state index contributed by atoms with van der Waals surface area (Å²) in [5.41, 5.74) is 2.06. The topological polar surface area (TPSA) is 70.5 Å². The Hall–Kier alpha value is -3.03. The molecule has 0 saturated carbocycles. The smallest absolute Gasteiger partial charge is 0.275 e. The molecule has 1 saturated heterocycles. The fourth-order valence-electron chi connectivity index (χ4n) is 3.66. The van der Waals surface area contributed by atoms with Crippen LogP contribution in [0.1, 0.15) is 11.1 Å². The molecule has 3 aromatic rings. The second-order valence-electron chi connectivity index (χ2n) is 7.87. The molecule has 7 nitrogen and oxygen atoms in total. The average molecular weight is 406 g/mol.